The van der Waals surface area contributed by atoms with Crippen LogP contribution in [-0.2, 0) is 12.8 Å². The molecule has 0 aliphatic rings. The first-order valence-corrected chi connectivity index (χ1v) is 8.16. The second-order valence-corrected chi connectivity index (χ2v) is 6.46. The van der Waals surface area contributed by atoms with Gasteiger partial charge in [0.1, 0.15) is 0 Å². The number of hydrogen-bond donors (Lipinski definition) is 1. The number of nitrogens with one attached hydrogen (secondary N) is 1. The number of aromatic nitrogens is 1. The van der Waals surface area contributed by atoms with Crippen LogP contribution in [-0.4, -0.2) is 18.6 Å². The monoisotopic (exact) mass is 288 g/mol. The third kappa shape index (κ3) is 4.43. The summed E-state index contributed by atoms with van der Waals surface area (Å²) >= 11 is 1.79. The summed E-state index contributed by atoms with van der Waals surface area (Å²) in [6.45, 7) is 5.35. The first-order chi connectivity index (χ1) is 9.69. The summed E-state index contributed by atoms with van der Waals surface area (Å²) in [4.78, 5) is 5.78. The molecule has 2 aromatic rings. The number of nitrogens with zero attached hydrogens (tertiary/aromatic N) is 1. The van der Waals surface area contributed by atoms with Gasteiger partial charge in [0.15, 0.2) is 0 Å². The SMILES string of the molecule is CNCC(CCc1scnc1C)Cc1cccc(C)c1. The van der Waals surface area contributed by atoms with Crippen molar-refractivity contribution in [3.05, 3.63) is 51.5 Å². The Morgan fingerprint density at radius 3 is 2.80 bits per heavy atom. The lowest BCUT2D eigenvalue weighted by Crippen LogP contribution is -2.21. The van der Waals surface area contributed by atoms with Gasteiger partial charge in [0.05, 0.1) is 11.2 Å². The average molecular weight is 288 g/mol. The smallest absolute Gasteiger partial charge is 0.0797 e. The van der Waals surface area contributed by atoms with Crippen molar-refractivity contribution in [1.29, 1.82) is 0 Å². The molecule has 2 nitrogen and oxygen atoms in total. The molecule has 1 aromatic heterocycles. The molecule has 1 heterocycles. The van der Waals surface area contributed by atoms with Crippen LogP contribution in [0.15, 0.2) is 29.8 Å². The summed E-state index contributed by atoms with van der Waals surface area (Å²) in [5.41, 5.74) is 5.96. The molecule has 20 heavy (non-hydrogen) atoms. The average Bonchev–Trinajstić information content (AvgIpc) is 2.82. The Bertz CT molecular complexity index is 533. The summed E-state index contributed by atoms with van der Waals surface area (Å²) in [7, 11) is 2.04. The fourth-order valence-electron chi connectivity index (χ4n) is 2.64. The van der Waals surface area contributed by atoms with Gasteiger partial charge in [0.25, 0.3) is 0 Å². The number of thiazole rings is 1. The highest BCUT2D eigenvalue weighted by molar-refractivity contribution is 7.09. The number of rotatable bonds is 7. The summed E-state index contributed by atoms with van der Waals surface area (Å²) in [5.74, 6) is 0.684. The van der Waals surface area contributed by atoms with Crippen molar-refractivity contribution in [2.75, 3.05) is 13.6 Å². The molecular formula is C17H24N2S. The molecule has 0 aliphatic heterocycles. The Morgan fingerprint density at radius 2 is 2.15 bits per heavy atom. The van der Waals surface area contributed by atoms with Crippen LogP contribution >= 0.6 is 11.3 Å². The molecule has 1 atom stereocenters. The quantitative estimate of drug-likeness (QED) is 0.839. The third-order valence-corrected chi connectivity index (χ3v) is 4.72. The lowest BCUT2D eigenvalue weighted by molar-refractivity contribution is 0.462. The van der Waals surface area contributed by atoms with E-state index in [1.54, 1.807) is 11.3 Å². The Labute approximate surface area is 126 Å². The van der Waals surface area contributed by atoms with Crippen LogP contribution in [0.4, 0.5) is 0 Å². The zero-order valence-electron chi connectivity index (χ0n) is 12.6. The summed E-state index contributed by atoms with van der Waals surface area (Å²) in [5, 5.41) is 3.34. The van der Waals surface area contributed by atoms with Crippen LogP contribution < -0.4 is 5.32 Å². The molecule has 1 N–H and O–H groups in total. The zero-order chi connectivity index (χ0) is 14.4. The first-order valence-electron chi connectivity index (χ1n) is 7.28. The van der Waals surface area contributed by atoms with E-state index in [2.05, 4.69) is 48.4 Å². The highest BCUT2D eigenvalue weighted by atomic mass is 32.1. The van der Waals surface area contributed by atoms with Crippen LogP contribution in [0.25, 0.3) is 0 Å². The molecular weight excluding hydrogens is 264 g/mol. The van der Waals surface area contributed by atoms with E-state index >= 15 is 0 Å². The number of benzene rings is 1. The largest absolute Gasteiger partial charge is 0.319 e. The molecule has 2 rings (SSSR count). The lowest BCUT2D eigenvalue weighted by atomic mass is 9.93. The van der Waals surface area contributed by atoms with Gasteiger partial charge in [-0.25, -0.2) is 4.98 Å². The van der Waals surface area contributed by atoms with Gasteiger partial charge in [-0.3, -0.25) is 0 Å². The number of aryl methyl sites for hydroxylation is 3. The van der Waals surface area contributed by atoms with E-state index in [1.165, 1.54) is 28.1 Å². The Morgan fingerprint density at radius 1 is 1.30 bits per heavy atom. The maximum absolute atomic E-state index is 4.34. The Balaban J connectivity index is 1.95. The molecule has 0 saturated carbocycles. The van der Waals surface area contributed by atoms with E-state index < -0.39 is 0 Å². The van der Waals surface area contributed by atoms with Gasteiger partial charge in [-0.2, -0.15) is 0 Å². The topological polar surface area (TPSA) is 24.9 Å². The second-order valence-electron chi connectivity index (χ2n) is 5.52. The van der Waals surface area contributed by atoms with Crippen LogP contribution in [0.1, 0.15) is 28.1 Å². The molecule has 1 aromatic carbocycles. The molecule has 108 valence electrons. The Hall–Kier alpha value is -1.19. The van der Waals surface area contributed by atoms with Gasteiger partial charge in [0, 0.05) is 4.88 Å². The molecule has 0 radical (unpaired) electrons. The van der Waals surface area contributed by atoms with E-state index in [0.717, 1.165) is 19.4 Å². The van der Waals surface area contributed by atoms with Gasteiger partial charge < -0.3 is 5.32 Å². The first kappa shape index (κ1) is 15.2. The van der Waals surface area contributed by atoms with E-state index in [1.807, 2.05) is 12.6 Å². The summed E-state index contributed by atoms with van der Waals surface area (Å²) in [6.07, 6.45) is 3.52. The minimum absolute atomic E-state index is 0.684. The molecule has 1 unspecified atom stereocenters. The van der Waals surface area contributed by atoms with Gasteiger partial charge in [-0.15, -0.1) is 11.3 Å². The summed E-state index contributed by atoms with van der Waals surface area (Å²) < 4.78 is 0. The molecule has 0 aliphatic carbocycles. The van der Waals surface area contributed by atoms with Gasteiger partial charge in [-0.1, -0.05) is 29.8 Å². The maximum atomic E-state index is 4.34. The van der Waals surface area contributed by atoms with E-state index in [4.69, 9.17) is 0 Å². The van der Waals surface area contributed by atoms with Gasteiger partial charge >= 0.3 is 0 Å². The maximum Gasteiger partial charge on any atom is 0.0797 e. The highest BCUT2D eigenvalue weighted by Gasteiger charge is 2.11. The standard InChI is InChI=1S/C17H24N2S/c1-13-5-4-6-15(9-13)10-16(11-18-3)7-8-17-14(2)19-12-20-17/h4-6,9,12,16,18H,7-8,10-11H2,1-3H3. The van der Waals surface area contributed by atoms with Gasteiger partial charge in [0.2, 0.25) is 0 Å². The second kappa shape index (κ2) is 7.55. The Kier molecular flexibility index (Phi) is 5.74. The van der Waals surface area contributed by atoms with E-state index in [0.29, 0.717) is 5.92 Å². The van der Waals surface area contributed by atoms with Crippen LogP contribution in [0.5, 0.6) is 0 Å². The van der Waals surface area contributed by atoms with Gasteiger partial charge in [-0.05, 0) is 58.2 Å². The number of hydrogen-bond acceptors (Lipinski definition) is 3. The van der Waals surface area contributed by atoms with E-state index in [9.17, 15) is 0 Å². The predicted molar refractivity (Wildman–Crippen MR) is 87.5 cm³/mol. The van der Waals surface area contributed by atoms with Crippen molar-refractivity contribution in [2.24, 2.45) is 5.92 Å². The molecule has 0 bridgehead atoms. The molecule has 0 saturated heterocycles. The van der Waals surface area contributed by atoms with Crippen LogP contribution in [0.2, 0.25) is 0 Å². The van der Waals surface area contributed by atoms with Crippen molar-refractivity contribution in [2.45, 2.75) is 33.1 Å². The predicted octanol–water partition coefficient (Wildman–Crippen LogP) is 3.77. The van der Waals surface area contributed by atoms with Crippen molar-refractivity contribution in [1.82, 2.24) is 10.3 Å². The van der Waals surface area contributed by atoms with Crippen molar-refractivity contribution >= 4 is 11.3 Å². The van der Waals surface area contributed by atoms with Crippen molar-refractivity contribution in [3.8, 4) is 0 Å². The fourth-order valence-corrected chi connectivity index (χ4v) is 3.44. The molecule has 0 spiro atoms. The summed E-state index contributed by atoms with van der Waals surface area (Å²) in [6, 6.07) is 8.87. The van der Waals surface area contributed by atoms with Crippen LogP contribution in [0, 0.1) is 19.8 Å². The van der Waals surface area contributed by atoms with E-state index in [-0.39, 0.29) is 0 Å². The normalized spacial score (nSPS) is 12.6. The molecule has 3 heteroatoms. The minimum atomic E-state index is 0.684. The zero-order valence-corrected chi connectivity index (χ0v) is 13.5. The molecule has 0 amide bonds. The third-order valence-electron chi connectivity index (χ3n) is 3.72. The molecule has 0 fully saturated rings. The minimum Gasteiger partial charge on any atom is -0.319 e. The highest BCUT2D eigenvalue weighted by Crippen LogP contribution is 2.20. The van der Waals surface area contributed by atoms with Crippen molar-refractivity contribution in [3.63, 3.8) is 0 Å². The van der Waals surface area contributed by atoms with Crippen molar-refractivity contribution < 1.29 is 0 Å². The lowest BCUT2D eigenvalue weighted by Gasteiger charge is -2.16. The van der Waals surface area contributed by atoms with Crippen LogP contribution in [0.3, 0.4) is 0 Å². The fraction of sp³-hybridized carbons (Fsp3) is 0.471.